The minimum atomic E-state index is 0.198. The normalized spacial score (nSPS) is 17.5. The summed E-state index contributed by atoms with van der Waals surface area (Å²) in [5.74, 6) is 1.03. The van der Waals surface area contributed by atoms with Crippen LogP contribution in [0.4, 0.5) is 0 Å². The highest BCUT2D eigenvalue weighted by molar-refractivity contribution is 9.11. The van der Waals surface area contributed by atoms with Gasteiger partial charge in [0.15, 0.2) is 5.78 Å². The lowest BCUT2D eigenvalue weighted by Crippen LogP contribution is -2.12. The summed E-state index contributed by atoms with van der Waals surface area (Å²) in [7, 11) is 1.62. The van der Waals surface area contributed by atoms with Crippen molar-refractivity contribution in [3.8, 4) is 0 Å². The Morgan fingerprint density at radius 2 is 2.31 bits per heavy atom. The summed E-state index contributed by atoms with van der Waals surface area (Å²) < 4.78 is 6.00. The van der Waals surface area contributed by atoms with Crippen LogP contribution < -0.4 is 0 Å². The summed E-state index contributed by atoms with van der Waals surface area (Å²) >= 11 is 3.26. The van der Waals surface area contributed by atoms with Crippen LogP contribution in [-0.2, 0) is 9.53 Å². The smallest absolute Gasteiger partial charge is 0.162 e. The van der Waals surface area contributed by atoms with Gasteiger partial charge in [-0.15, -0.1) is 0 Å². The van der Waals surface area contributed by atoms with Crippen molar-refractivity contribution in [1.29, 1.82) is 0 Å². The maximum Gasteiger partial charge on any atom is 0.162 e. The Balaban J connectivity index is 2.87. The fourth-order valence-electron chi connectivity index (χ4n) is 1.48. The third-order valence-electron chi connectivity index (χ3n) is 2.10. The van der Waals surface area contributed by atoms with Gasteiger partial charge >= 0.3 is 0 Å². The van der Waals surface area contributed by atoms with Crippen molar-refractivity contribution in [2.75, 3.05) is 7.11 Å². The van der Waals surface area contributed by atoms with Gasteiger partial charge < -0.3 is 4.74 Å². The molecular weight excluding hydrogens is 232 g/mol. The van der Waals surface area contributed by atoms with Gasteiger partial charge in [-0.25, -0.2) is 0 Å². The molecule has 0 unspecified atom stereocenters. The van der Waals surface area contributed by atoms with Crippen LogP contribution >= 0.6 is 15.9 Å². The number of ether oxygens (including phenoxy) is 1. The lowest BCUT2D eigenvalue weighted by Gasteiger charge is -2.17. The highest BCUT2D eigenvalue weighted by atomic mass is 79.9. The van der Waals surface area contributed by atoms with E-state index in [4.69, 9.17) is 4.74 Å². The maximum absolute atomic E-state index is 11.5. The van der Waals surface area contributed by atoms with Crippen molar-refractivity contribution < 1.29 is 9.53 Å². The monoisotopic (exact) mass is 244 g/mol. The van der Waals surface area contributed by atoms with Crippen LogP contribution in [0.2, 0.25) is 0 Å². The third-order valence-corrected chi connectivity index (χ3v) is 2.38. The molecule has 0 N–H and O–H groups in total. The average Bonchev–Trinajstić information content (AvgIpc) is 2.08. The number of methoxy groups -OCH3 is 1. The van der Waals surface area contributed by atoms with Gasteiger partial charge in [-0.1, -0.05) is 22.5 Å². The summed E-state index contributed by atoms with van der Waals surface area (Å²) in [5, 5.41) is 0. The Hall–Kier alpha value is -0.570. The average molecular weight is 245 g/mol. The summed E-state index contributed by atoms with van der Waals surface area (Å²) in [6, 6.07) is 0. The van der Waals surface area contributed by atoms with E-state index in [1.54, 1.807) is 7.11 Å². The lowest BCUT2D eigenvalue weighted by atomic mass is 9.94. The molecule has 0 aromatic heterocycles. The zero-order valence-corrected chi connectivity index (χ0v) is 9.32. The van der Waals surface area contributed by atoms with Crippen LogP contribution in [0.25, 0.3) is 0 Å². The number of halogens is 1. The molecule has 13 heavy (non-hydrogen) atoms. The molecule has 0 aromatic rings. The quantitative estimate of drug-likeness (QED) is 0.764. The molecule has 0 radical (unpaired) electrons. The molecule has 1 rings (SSSR count). The molecule has 0 fully saturated rings. The highest BCUT2D eigenvalue weighted by Gasteiger charge is 2.20. The van der Waals surface area contributed by atoms with E-state index in [9.17, 15) is 4.79 Å². The zero-order valence-electron chi connectivity index (χ0n) is 7.73. The van der Waals surface area contributed by atoms with Crippen molar-refractivity contribution in [3.05, 3.63) is 22.4 Å². The van der Waals surface area contributed by atoms with E-state index in [0.717, 1.165) is 28.7 Å². The molecule has 0 bridgehead atoms. The number of rotatable bonds is 3. The SMILES string of the molecule is C=C(Br)CC1=C(OC)CCCC1=O. The second kappa shape index (κ2) is 4.61. The topological polar surface area (TPSA) is 26.3 Å². The van der Waals surface area contributed by atoms with Gasteiger partial charge in [-0.3, -0.25) is 4.79 Å². The van der Waals surface area contributed by atoms with Crippen LogP contribution in [0.15, 0.2) is 22.4 Å². The second-order valence-corrected chi connectivity index (χ2v) is 4.20. The molecule has 1 aliphatic rings. The summed E-state index contributed by atoms with van der Waals surface area (Å²) in [6.45, 7) is 3.73. The predicted octanol–water partition coefficient (Wildman–Crippen LogP) is 2.94. The summed E-state index contributed by atoms with van der Waals surface area (Å²) in [4.78, 5) is 11.5. The van der Waals surface area contributed by atoms with E-state index >= 15 is 0 Å². The first-order valence-electron chi connectivity index (χ1n) is 4.27. The standard InChI is InChI=1S/C10H13BrO2/c1-7(11)6-8-9(12)4-3-5-10(8)13-2/h1,3-6H2,2H3. The minimum Gasteiger partial charge on any atom is -0.501 e. The number of allylic oxidation sites excluding steroid dienone is 3. The van der Waals surface area contributed by atoms with Gasteiger partial charge in [-0.2, -0.15) is 0 Å². The highest BCUT2D eigenvalue weighted by Crippen LogP contribution is 2.28. The molecule has 0 saturated carbocycles. The molecule has 72 valence electrons. The molecule has 2 nitrogen and oxygen atoms in total. The Kier molecular flexibility index (Phi) is 3.72. The molecule has 0 amide bonds. The van der Waals surface area contributed by atoms with E-state index in [2.05, 4.69) is 22.5 Å². The van der Waals surface area contributed by atoms with E-state index in [0.29, 0.717) is 12.8 Å². The number of hydrogen-bond donors (Lipinski definition) is 0. The van der Waals surface area contributed by atoms with Crippen LogP contribution in [0.5, 0.6) is 0 Å². The molecular formula is C10H13BrO2. The van der Waals surface area contributed by atoms with Gasteiger partial charge in [0.1, 0.15) is 5.76 Å². The predicted molar refractivity (Wildman–Crippen MR) is 55.6 cm³/mol. The minimum absolute atomic E-state index is 0.198. The van der Waals surface area contributed by atoms with E-state index in [1.165, 1.54) is 0 Å². The fourth-order valence-corrected chi connectivity index (χ4v) is 1.76. The van der Waals surface area contributed by atoms with Crippen LogP contribution in [0, 0.1) is 0 Å². The molecule has 0 aliphatic heterocycles. The molecule has 0 heterocycles. The van der Waals surface area contributed by atoms with Crippen molar-refractivity contribution >= 4 is 21.7 Å². The van der Waals surface area contributed by atoms with Gasteiger partial charge in [0.2, 0.25) is 0 Å². The van der Waals surface area contributed by atoms with E-state index in [1.807, 2.05) is 0 Å². The molecule has 3 heteroatoms. The third kappa shape index (κ3) is 2.69. The number of carbonyl (C=O) groups excluding carboxylic acids is 1. The Morgan fingerprint density at radius 3 is 2.85 bits per heavy atom. The van der Waals surface area contributed by atoms with Gasteiger partial charge in [-0.05, 0) is 10.9 Å². The number of carbonyl (C=O) groups is 1. The second-order valence-electron chi connectivity index (χ2n) is 3.08. The summed E-state index contributed by atoms with van der Waals surface area (Å²) in [5.41, 5.74) is 0.788. The van der Waals surface area contributed by atoms with Crippen molar-refractivity contribution in [1.82, 2.24) is 0 Å². The van der Waals surface area contributed by atoms with Crippen molar-refractivity contribution in [2.24, 2.45) is 0 Å². The van der Waals surface area contributed by atoms with Crippen LogP contribution in [-0.4, -0.2) is 12.9 Å². The van der Waals surface area contributed by atoms with E-state index in [-0.39, 0.29) is 5.78 Å². The van der Waals surface area contributed by atoms with Crippen LogP contribution in [0.3, 0.4) is 0 Å². The van der Waals surface area contributed by atoms with E-state index < -0.39 is 0 Å². The Bertz CT molecular complexity index is 266. The fraction of sp³-hybridized carbons (Fsp3) is 0.500. The van der Waals surface area contributed by atoms with Crippen molar-refractivity contribution in [3.63, 3.8) is 0 Å². The Morgan fingerprint density at radius 1 is 1.62 bits per heavy atom. The first-order chi connectivity index (χ1) is 6.15. The largest absolute Gasteiger partial charge is 0.501 e. The van der Waals surface area contributed by atoms with Gasteiger partial charge in [0.25, 0.3) is 0 Å². The first kappa shape index (κ1) is 10.5. The maximum atomic E-state index is 11.5. The van der Waals surface area contributed by atoms with Crippen molar-refractivity contribution in [2.45, 2.75) is 25.7 Å². The molecule has 0 aromatic carbocycles. The Labute approximate surface area is 86.8 Å². The van der Waals surface area contributed by atoms with Gasteiger partial charge in [0, 0.05) is 24.8 Å². The van der Waals surface area contributed by atoms with Crippen LogP contribution in [0.1, 0.15) is 25.7 Å². The molecule has 1 aliphatic carbocycles. The number of ketones is 1. The molecule has 0 atom stereocenters. The van der Waals surface area contributed by atoms with Gasteiger partial charge in [0.05, 0.1) is 7.11 Å². The first-order valence-corrected chi connectivity index (χ1v) is 5.07. The zero-order chi connectivity index (χ0) is 9.84. The lowest BCUT2D eigenvalue weighted by molar-refractivity contribution is -0.116. The molecule has 0 spiro atoms. The summed E-state index contributed by atoms with van der Waals surface area (Å²) in [6.07, 6.45) is 3.00. The number of hydrogen-bond acceptors (Lipinski definition) is 2. The molecule has 0 saturated heterocycles. The number of Topliss-reactive ketones (excluding diaryl/α,β-unsaturated/α-hetero) is 1.